The van der Waals surface area contributed by atoms with Crippen LogP contribution in [0, 0.1) is 6.92 Å². The number of ketones is 1. The molecule has 0 radical (unpaired) electrons. The molecule has 2 aromatic carbocycles. The molecular weight excluding hydrogens is 300 g/mol. The fraction of sp³-hybridized carbons (Fsp3) is 0.167. The third-order valence-corrected chi connectivity index (χ3v) is 3.76. The summed E-state index contributed by atoms with van der Waals surface area (Å²) in [6, 6.07) is 10.8. The average Bonchev–Trinajstić information content (AvgIpc) is 2.82. The molecule has 3 rings (SSSR count). The van der Waals surface area contributed by atoms with E-state index in [2.05, 4.69) is 0 Å². The number of allylic oxidation sites excluding steroid dienone is 1. The number of Topliss-reactive ketones (excluding diaryl/α,β-unsaturated/α-hetero) is 1. The van der Waals surface area contributed by atoms with Gasteiger partial charge in [-0.15, -0.1) is 0 Å². The van der Waals surface area contributed by atoms with Gasteiger partial charge in [-0.2, -0.15) is 0 Å². The summed E-state index contributed by atoms with van der Waals surface area (Å²) in [5.74, 6) is 1.52. The maximum atomic E-state index is 12.4. The van der Waals surface area contributed by atoms with Gasteiger partial charge in [0.2, 0.25) is 5.78 Å². The first-order valence-electron chi connectivity index (χ1n) is 7.06. The maximum absolute atomic E-state index is 12.4. The number of carbonyl (C=O) groups excluding carboxylic acids is 1. The Kier molecular flexibility index (Phi) is 3.90. The van der Waals surface area contributed by atoms with E-state index in [0.29, 0.717) is 28.7 Å². The van der Waals surface area contributed by atoms with E-state index in [1.807, 2.05) is 32.0 Å². The Bertz CT molecular complexity index is 761. The zero-order valence-electron chi connectivity index (χ0n) is 12.4. The number of fused-ring (bicyclic) bond motifs is 1. The quantitative estimate of drug-likeness (QED) is 0.773. The molecular formula is C18H15ClO3. The number of carbonyl (C=O) groups is 1. The van der Waals surface area contributed by atoms with Gasteiger partial charge in [-0.25, -0.2) is 0 Å². The summed E-state index contributed by atoms with van der Waals surface area (Å²) in [5.41, 5.74) is 2.27. The van der Waals surface area contributed by atoms with E-state index in [9.17, 15) is 4.79 Å². The Morgan fingerprint density at radius 3 is 2.59 bits per heavy atom. The molecule has 0 spiro atoms. The Labute approximate surface area is 134 Å². The summed E-state index contributed by atoms with van der Waals surface area (Å²) in [6.07, 6.45) is 1.72. The molecule has 112 valence electrons. The highest BCUT2D eigenvalue weighted by Crippen LogP contribution is 2.39. The molecule has 3 nitrogen and oxygen atoms in total. The molecule has 0 amide bonds. The van der Waals surface area contributed by atoms with Crippen molar-refractivity contribution in [2.45, 2.75) is 13.8 Å². The predicted molar refractivity (Wildman–Crippen MR) is 86.7 cm³/mol. The third-order valence-electron chi connectivity index (χ3n) is 3.50. The Morgan fingerprint density at radius 2 is 1.91 bits per heavy atom. The second-order valence-corrected chi connectivity index (χ2v) is 5.43. The van der Waals surface area contributed by atoms with E-state index in [0.717, 1.165) is 16.9 Å². The van der Waals surface area contributed by atoms with E-state index >= 15 is 0 Å². The predicted octanol–water partition coefficient (Wildman–Crippen LogP) is 4.66. The monoisotopic (exact) mass is 314 g/mol. The molecule has 4 heteroatoms. The smallest absolute Gasteiger partial charge is 0.231 e. The van der Waals surface area contributed by atoms with Crippen LogP contribution in [0.15, 0.2) is 42.2 Å². The van der Waals surface area contributed by atoms with Gasteiger partial charge in [0.05, 0.1) is 12.2 Å². The highest BCUT2D eigenvalue weighted by Gasteiger charge is 2.30. The van der Waals surface area contributed by atoms with Gasteiger partial charge in [-0.3, -0.25) is 4.79 Å². The molecule has 0 N–H and O–H groups in total. The number of hydrogen-bond donors (Lipinski definition) is 0. The normalized spacial score (nSPS) is 14.9. The summed E-state index contributed by atoms with van der Waals surface area (Å²) >= 11 is 5.87. The molecule has 0 atom stereocenters. The van der Waals surface area contributed by atoms with E-state index < -0.39 is 0 Å². The fourth-order valence-electron chi connectivity index (χ4n) is 2.39. The number of benzene rings is 2. The van der Waals surface area contributed by atoms with Crippen LogP contribution in [0.4, 0.5) is 0 Å². The molecule has 0 unspecified atom stereocenters. The highest BCUT2D eigenvalue weighted by atomic mass is 35.5. The van der Waals surface area contributed by atoms with Crippen LogP contribution in [0.1, 0.15) is 28.4 Å². The Morgan fingerprint density at radius 1 is 1.18 bits per heavy atom. The minimum atomic E-state index is -0.115. The topological polar surface area (TPSA) is 35.5 Å². The first kappa shape index (κ1) is 14.7. The first-order chi connectivity index (χ1) is 10.6. The largest absolute Gasteiger partial charge is 0.493 e. The van der Waals surface area contributed by atoms with Gasteiger partial charge in [0, 0.05) is 10.6 Å². The molecule has 0 fully saturated rings. The minimum absolute atomic E-state index is 0.115. The van der Waals surface area contributed by atoms with E-state index in [1.165, 1.54) is 0 Å². The maximum Gasteiger partial charge on any atom is 0.231 e. The van der Waals surface area contributed by atoms with E-state index in [1.54, 1.807) is 24.3 Å². The summed E-state index contributed by atoms with van der Waals surface area (Å²) in [4.78, 5) is 12.4. The van der Waals surface area contributed by atoms with Crippen molar-refractivity contribution >= 4 is 23.5 Å². The van der Waals surface area contributed by atoms with Gasteiger partial charge in [0.1, 0.15) is 11.5 Å². The second kappa shape index (κ2) is 5.85. The molecule has 1 aliphatic heterocycles. The summed E-state index contributed by atoms with van der Waals surface area (Å²) in [7, 11) is 0. The lowest BCUT2D eigenvalue weighted by Gasteiger charge is -2.09. The standard InChI is InChI=1S/C18H15ClO3/c1-3-21-15-9-8-14-17(20)16(22-18(14)11(15)2)10-12-4-6-13(19)7-5-12/h4-10H,3H2,1-2H3/b16-10-. The minimum Gasteiger partial charge on any atom is -0.493 e. The van der Waals surface area contributed by atoms with Crippen LogP contribution in [-0.2, 0) is 0 Å². The fourth-order valence-corrected chi connectivity index (χ4v) is 2.52. The van der Waals surface area contributed by atoms with Crippen molar-refractivity contribution in [2.24, 2.45) is 0 Å². The van der Waals surface area contributed by atoms with E-state index in [4.69, 9.17) is 21.1 Å². The molecule has 0 aliphatic carbocycles. The number of halogens is 1. The van der Waals surface area contributed by atoms with Gasteiger partial charge in [0.15, 0.2) is 5.76 Å². The van der Waals surface area contributed by atoms with Crippen LogP contribution in [0.2, 0.25) is 5.02 Å². The molecule has 1 heterocycles. The van der Waals surface area contributed by atoms with Crippen molar-refractivity contribution in [2.75, 3.05) is 6.61 Å². The van der Waals surface area contributed by atoms with Gasteiger partial charge in [0.25, 0.3) is 0 Å². The van der Waals surface area contributed by atoms with Gasteiger partial charge in [-0.1, -0.05) is 23.7 Å². The Balaban J connectivity index is 1.97. The van der Waals surface area contributed by atoms with Gasteiger partial charge < -0.3 is 9.47 Å². The van der Waals surface area contributed by atoms with Crippen LogP contribution >= 0.6 is 11.6 Å². The highest BCUT2D eigenvalue weighted by molar-refractivity contribution is 6.30. The lowest BCUT2D eigenvalue weighted by atomic mass is 10.1. The van der Waals surface area contributed by atoms with Gasteiger partial charge in [-0.05, 0) is 49.8 Å². The summed E-state index contributed by atoms with van der Waals surface area (Å²) in [6.45, 7) is 4.38. The number of rotatable bonds is 3. The SMILES string of the molecule is CCOc1ccc2c(c1C)O/C(=C\c1ccc(Cl)cc1)C2=O. The first-order valence-corrected chi connectivity index (χ1v) is 7.44. The summed E-state index contributed by atoms with van der Waals surface area (Å²) < 4.78 is 11.3. The van der Waals surface area contributed by atoms with Crippen molar-refractivity contribution in [3.05, 3.63) is 63.9 Å². The number of hydrogen-bond acceptors (Lipinski definition) is 3. The average molecular weight is 315 g/mol. The van der Waals surface area contributed by atoms with Crippen molar-refractivity contribution in [1.29, 1.82) is 0 Å². The lowest BCUT2D eigenvalue weighted by Crippen LogP contribution is -1.97. The van der Waals surface area contributed by atoms with Crippen LogP contribution in [0.5, 0.6) is 11.5 Å². The van der Waals surface area contributed by atoms with Crippen LogP contribution in [0.25, 0.3) is 6.08 Å². The molecule has 0 aromatic heterocycles. The molecule has 0 saturated heterocycles. The van der Waals surface area contributed by atoms with Crippen LogP contribution in [-0.4, -0.2) is 12.4 Å². The van der Waals surface area contributed by atoms with Crippen LogP contribution in [0.3, 0.4) is 0 Å². The molecule has 0 saturated carbocycles. The van der Waals surface area contributed by atoms with Gasteiger partial charge >= 0.3 is 0 Å². The van der Waals surface area contributed by atoms with Crippen molar-refractivity contribution in [1.82, 2.24) is 0 Å². The van der Waals surface area contributed by atoms with Crippen molar-refractivity contribution < 1.29 is 14.3 Å². The molecule has 1 aliphatic rings. The Hall–Kier alpha value is -2.26. The second-order valence-electron chi connectivity index (χ2n) is 4.99. The lowest BCUT2D eigenvalue weighted by molar-refractivity contribution is 0.101. The van der Waals surface area contributed by atoms with E-state index in [-0.39, 0.29) is 5.78 Å². The van der Waals surface area contributed by atoms with Crippen molar-refractivity contribution in [3.8, 4) is 11.5 Å². The van der Waals surface area contributed by atoms with Crippen molar-refractivity contribution in [3.63, 3.8) is 0 Å². The molecule has 0 bridgehead atoms. The third kappa shape index (κ3) is 2.60. The molecule has 22 heavy (non-hydrogen) atoms. The summed E-state index contributed by atoms with van der Waals surface area (Å²) in [5, 5.41) is 0.654. The zero-order valence-corrected chi connectivity index (χ0v) is 13.1. The van der Waals surface area contributed by atoms with Crippen LogP contribution < -0.4 is 9.47 Å². The zero-order chi connectivity index (χ0) is 15.7. The molecule has 2 aromatic rings. The number of ether oxygens (including phenoxy) is 2.